The molecule has 0 aliphatic carbocycles. The first kappa shape index (κ1) is 21.9. The molecule has 6 heteroatoms. The number of carbonyl (C=O) groups excluding carboxylic acids is 3. The molecule has 5 nitrogen and oxygen atoms in total. The second kappa shape index (κ2) is 10.3. The van der Waals surface area contributed by atoms with Crippen LogP contribution < -0.4 is 5.32 Å². The third-order valence-corrected chi connectivity index (χ3v) is 4.67. The summed E-state index contributed by atoms with van der Waals surface area (Å²) >= 11 is 0. The van der Waals surface area contributed by atoms with Crippen LogP contribution in [0, 0.1) is 12.7 Å². The van der Waals surface area contributed by atoms with Crippen LogP contribution in [0.3, 0.4) is 0 Å². The first-order valence-electron chi connectivity index (χ1n) is 9.79. The number of hydrogen-bond donors (Lipinski definition) is 1. The minimum Gasteiger partial charge on any atom is -0.456 e. The molecule has 0 aliphatic rings. The zero-order chi connectivity index (χ0) is 22.2. The van der Waals surface area contributed by atoms with Gasteiger partial charge in [0.2, 0.25) is 0 Å². The van der Waals surface area contributed by atoms with Crippen LogP contribution in [0.1, 0.15) is 32.7 Å². The van der Waals surface area contributed by atoms with Gasteiger partial charge in [0.15, 0.2) is 18.2 Å². The summed E-state index contributed by atoms with van der Waals surface area (Å²) in [5.74, 6) is -1.77. The number of anilines is 1. The van der Waals surface area contributed by atoms with Gasteiger partial charge in [-0.2, -0.15) is 0 Å². The number of nitrogens with one attached hydrogen (secondary N) is 1. The van der Waals surface area contributed by atoms with Crippen LogP contribution in [-0.2, 0) is 9.53 Å². The van der Waals surface area contributed by atoms with E-state index in [-0.39, 0.29) is 18.0 Å². The molecule has 158 valence electrons. The van der Waals surface area contributed by atoms with Crippen molar-refractivity contribution in [2.24, 2.45) is 0 Å². The van der Waals surface area contributed by atoms with E-state index in [0.29, 0.717) is 16.8 Å². The van der Waals surface area contributed by atoms with Gasteiger partial charge in [-0.25, -0.2) is 9.18 Å². The van der Waals surface area contributed by atoms with Crippen molar-refractivity contribution < 1.29 is 23.5 Å². The average molecular weight is 419 g/mol. The van der Waals surface area contributed by atoms with Crippen LogP contribution in [0.25, 0.3) is 0 Å². The summed E-state index contributed by atoms with van der Waals surface area (Å²) in [7, 11) is 0. The Morgan fingerprint density at radius 3 is 2.10 bits per heavy atom. The Morgan fingerprint density at radius 1 is 0.839 bits per heavy atom. The predicted molar refractivity (Wildman–Crippen MR) is 116 cm³/mol. The van der Waals surface area contributed by atoms with Crippen LogP contribution in [0.5, 0.6) is 0 Å². The highest BCUT2D eigenvalue weighted by atomic mass is 19.1. The zero-order valence-corrected chi connectivity index (χ0v) is 17.0. The van der Waals surface area contributed by atoms with E-state index in [1.54, 1.807) is 54.6 Å². The molecular formula is C25H22FNO4. The number of benzene rings is 3. The zero-order valence-electron chi connectivity index (χ0n) is 17.0. The maximum absolute atomic E-state index is 13.2. The molecule has 0 aliphatic heterocycles. The van der Waals surface area contributed by atoms with Gasteiger partial charge in [0.25, 0.3) is 0 Å². The van der Waals surface area contributed by atoms with Crippen molar-refractivity contribution >= 4 is 23.2 Å². The number of aryl methyl sites for hydroxylation is 1. The lowest BCUT2D eigenvalue weighted by atomic mass is 10.0. The van der Waals surface area contributed by atoms with Crippen LogP contribution in [0.15, 0.2) is 78.9 Å². The van der Waals surface area contributed by atoms with Gasteiger partial charge in [0.1, 0.15) is 11.9 Å². The minimum absolute atomic E-state index is 0.182. The number of halogens is 1. The lowest BCUT2D eigenvalue weighted by Crippen LogP contribution is -2.34. The fourth-order valence-electron chi connectivity index (χ4n) is 2.93. The molecule has 0 spiro atoms. The normalized spacial score (nSPS) is 11.4. The smallest absolute Gasteiger partial charge is 0.329 e. The van der Waals surface area contributed by atoms with Crippen LogP contribution >= 0.6 is 0 Å². The lowest BCUT2D eigenvalue weighted by molar-refractivity contribution is -0.143. The molecule has 0 saturated heterocycles. The molecule has 0 bridgehead atoms. The summed E-state index contributed by atoms with van der Waals surface area (Å²) in [4.78, 5) is 37.6. The molecule has 1 N–H and O–H groups in total. The second-order valence-electron chi connectivity index (χ2n) is 7.09. The van der Waals surface area contributed by atoms with Crippen LogP contribution in [0.2, 0.25) is 0 Å². The number of hydrogen-bond acceptors (Lipinski definition) is 5. The van der Waals surface area contributed by atoms with Gasteiger partial charge in [0.05, 0.1) is 0 Å². The van der Waals surface area contributed by atoms with E-state index >= 15 is 0 Å². The lowest BCUT2D eigenvalue weighted by Gasteiger charge is -2.18. The van der Waals surface area contributed by atoms with Gasteiger partial charge < -0.3 is 10.1 Å². The largest absolute Gasteiger partial charge is 0.456 e. The van der Waals surface area contributed by atoms with E-state index in [1.165, 1.54) is 24.3 Å². The fourth-order valence-corrected chi connectivity index (χ4v) is 2.93. The minimum atomic E-state index is -1.04. The second-order valence-corrected chi connectivity index (χ2v) is 7.09. The Labute approximate surface area is 179 Å². The molecule has 1 unspecified atom stereocenters. The quantitative estimate of drug-likeness (QED) is 0.405. The summed E-state index contributed by atoms with van der Waals surface area (Å²) < 4.78 is 18.4. The number of ether oxygens (including phenoxy) is 1. The van der Waals surface area contributed by atoms with Crippen molar-refractivity contribution in [3.63, 3.8) is 0 Å². The van der Waals surface area contributed by atoms with E-state index < -0.39 is 24.4 Å². The average Bonchev–Trinajstić information content (AvgIpc) is 2.79. The van der Waals surface area contributed by atoms with Gasteiger partial charge in [0, 0.05) is 23.2 Å². The number of Topliss-reactive ketones (excluding diaryl/α,β-unsaturated/α-hetero) is 2. The Morgan fingerprint density at radius 2 is 1.45 bits per heavy atom. The van der Waals surface area contributed by atoms with Crippen LogP contribution in [-0.4, -0.2) is 30.2 Å². The van der Waals surface area contributed by atoms with Crippen molar-refractivity contribution in [2.45, 2.75) is 19.4 Å². The molecule has 0 saturated carbocycles. The maximum Gasteiger partial charge on any atom is 0.329 e. The fraction of sp³-hybridized carbons (Fsp3) is 0.160. The molecule has 0 fully saturated rings. The van der Waals surface area contributed by atoms with Crippen molar-refractivity contribution in [1.82, 2.24) is 0 Å². The molecule has 0 radical (unpaired) electrons. The number of esters is 1. The Hall–Kier alpha value is -3.80. The summed E-state index contributed by atoms with van der Waals surface area (Å²) in [5.41, 5.74) is 2.35. The molecule has 31 heavy (non-hydrogen) atoms. The third-order valence-electron chi connectivity index (χ3n) is 4.67. The third kappa shape index (κ3) is 6.34. The summed E-state index contributed by atoms with van der Waals surface area (Å²) in [6.45, 7) is 1.47. The molecule has 3 aromatic carbocycles. The number of carbonyl (C=O) groups is 3. The van der Waals surface area contributed by atoms with Crippen molar-refractivity contribution in [3.05, 3.63) is 101 Å². The first-order chi connectivity index (χ1) is 14.9. The first-order valence-corrected chi connectivity index (χ1v) is 9.79. The Bertz CT molecular complexity index is 1050. The highest BCUT2D eigenvalue weighted by Gasteiger charge is 2.25. The molecule has 3 aromatic rings. The van der Waals surface area contributed by atoms with E-state index in [0.717, 1.165) is 5.56 Å². The molecule has 0 aromatic heterocycles. The Balaban J connectivity index is 1.70. The summed E-state index contributed by atoms with van der Waals surface area (Å²) in [5, 5.41) is 2.90. The molecule has 0 amide bonds. The van der Waals surface area contributed by atoms with Gasteiger partial charge in [-0.15, -0.1) is 0 Å². The van der Waals surface area contributed by atoms with Gasteiger partial charge in [-0.3, -0.25) is 9.59 Å². The van der Waals surface area contributed by atoms with Crippen LogP contribution in [0.4, 0.5) is 10.1 Å². The number of rotatable bonds is 9. The van der Waals surface area contributed by atoms with Crippen molar-refractivity contribution in [1.29, 1.82) is 0 Å². The van der Waals surface area contributed by atoms with Crippen molar-refractivity contribution in [3.8, 4) is 0 Å². The maximum atomic E-state index is 13.2. The number of ketones is 2. The molecule has 0 heterocycles. The van der Waals surface area contributed by atoms with Crippen molar-refractivity contribution in [2.75, 3.05) is 11.9 Å². The highest BCUT2D eigenvalue weighted by Crippen LogP contribution is 2.15. The predicted octanol–water partition coefficient (Wildman–Crippen LogP) is 4.61. The summed E-state index contributed by atoms with van der Waals surface area (Å²) in [6.07, 6.45) is -0.182. The Kier molecular flexibility index (Phi) is 7.27. The SMILES string of the molecule is Cc1ccc(C(=O)COC(=O)C(CC(=O)c2ccccc2)Nc2ccc(F)cc2)cc1. The van der Waals surface area contributed by atoms with Gasteiger partial charge in [-0.05, 0) is 31.2 Å². The molecular weight excluding hydrogens is 397 g/mol. The monoisotopic (exact) mass is 419 g/mol. The molecule has 1 atom stereocenters. The van der Waals surface area contributed by atoms with E-state index in [4.69, 9.17) is 4.74 Å². The van der Waals surface area contributed by atoms with E-state index in [9.17, 15) is 18.8 Å². The highest BCUT2D eigenvalue weighted by molar-refractivity contribution is 6.01. The summed E-state index contributed by atoms with van der Waals surface area (Å²) in [6, 6.07) is 19.8. The molecule has 3 rings (SSSR count). The topological polar surface area (TPSA) is 72.5 Å². The van der Waals surface area contributed by atoms with Gasteiger partial charge >= 0.3 is 5.97 Å². The van der Waals surface area contributed by atoms with Gasteiger partial charge in [-0.1, -0.05) is 60.2 Å². The van der Waals surface area contributed by atoms with E-state index in [2.05, 4.69) is 5.32 Å². The van der Waals surface area contributed by atoms with E-state index in [1.807, 2.05) is 6.92 Å². The standard InChI is InChI=1S/C25H22FNO4/c1-17-7-9-19(10-8-17)24(29)16-31-25(30)22(27-21-13-11-20(26)12-14-21)15-23(28)18-5-3-2-4-6-18/h2-14,22,27H,15-16H2,1H3.